The van der Waals surface area contributed by atoms with E-state index >= 15 is 0 Å². The van der Waals surface area contributed by atoms with Crippen LogP contribution in [0.3, 0.4) is 0 Å². The molecule has 0 saturated carbocycles. The van der Waals surface area contributed by atoms with E-state index in [1.807, 2.05) is 0 Å². The highest BCUT2D eigenvalue weighted by Gasteiger charge is 2.34. The van der Waals surface area contributed by atoms with Crippen molar-refractivity contribution in [3.05, 3.63) is 35.4 Å². The van der Waals surface area contributed by atoms with Gasteiger partial charge in [-0.05, 0) is 43.7 Å². The molecule has 1 aromatic carbocycles. The highest BCUT2D eigenvalue weighted by molar-refractivity contribution is 5.21. The van der Waals surface area contributed by atoms with Gasteiger partial charge in [0, 0.05) is 18.7 Å². The maximum Gasteiger partial charge on any atom is 0.164 e. The van der Waals surface area contributed by atoms with Crippen molar-refractivity contribution >= 4 is 0 Å². The number of likely N-dealkylation sites (tertiary alicyclic amines) is 1. The summed E-state index contributed by atoms with van der Waals surface area (Å²) in [7, 11) is 0. The molecule has 1 fully saturated rings. The first-order chi connectivity index (χ1) is 10.0. The van der Waals surface area contributed by atoms with E-state index in [1.165, 1.54) is 31.4 Å². The standard InChI is InChI=1S/C17H25F2NO/c1-3-17(4-2)9-11-20(12-17)10-8-15(21)13-6-5-7-14(18)16(13)19/h5-7,15,21H,3-4,8-12H2,1-2H3. The van der Waals surface area contributed by atoms with Crippen LogP contribution in [0, 0.1) is 17.0 Å². The summed E-state index contributed by atoms with van der Waals surface area (Å²) in [6, 6.07) is 3.96. The summed E-state index contributed by atoms with van der Waals surface area (Å²) >= 11 is 0. The number of rotatable bonds is 6. The van der Waals surface area contributed by atoms with E-state index in [0.717, 1.165) is 25.7 Å². The van der Waals surface area contributed by atoms with Gasteiger partial charge >= 0.3 is 0 Å². The molecule has 0 aromatic heterocycles. The Morgan fingerprint density at radius 3 is 2.62 bits per heavy atom. The third-order valence-corrected chi connectivity index (χ3v) is 5.08. The van der Waals surface area contributed by atoms with Crippen molar-refractivity contribution in [3.63, 3.8) is 0 Å². The molecule has 1 unspecified atom stereocenters. The summed E-state index contributed by atoms with van der Waals surface area (Å²) in [6.07, 6.45) is 3.01. The highest BCUT2D eigenvalue weighted by atomic mass is 19.2. The maximum absolute atomic E-state index is 13.6. The Kier molecular flexibility index (Phi) is 5.33. The number of aliphatic hydroxyl groups is 1. The van der Waals surface area contributed by atoms with Gasteiger partial charge in [0.25, 0.3) is 0 Å². The van der Waals surface area contributed by atoms with Crippen LogP contribution in [0.15, 0.2) is 18.2 Å². The average Bonchev–Trinajstić information content (AvgIpc) is 2.92. The molecule has 1 heterocycles. The van der Waals surface area contributed by atoms with Gasteiger partial charge in [-0.25, -0.2) is 8.78 Å². The van der Waals surface area contributed by atoms with Gasteiger partial charge in [-0.15, -0.1) is 0 Å². The largest absolute Gasteiger partial charge is 0.388 e. The number of halogens is 2. The number of hydrogen-bond acceptors (Lipinski definition) is 2. The summed E-state index contributed by atoms with van der Waals surface area (Å²) in [5.74, 6) is -1.83. The molecule has 21 heavy (non-hydrogen) atoms. The minimum absolute atomic E-state index is 0.0615. The molecule has 1 aromatic rings. The minimum Gasteiger partial charge on any atom is -0.388 e. The molecule has 2 nitrogen and oxygen atoms in total. The van der Waals surface area contributed by atoms with Crippen LogP contribution in [0.5, 0.6) is 0 Å². The second kappa shape index (κ2) is 6.84. The predicted molar refractivity (Wildman–Crippen MR) is 80.0 cm³/mol. The van der Waals surface area contributed by atoms with Crippen LogP contribution in [0.1, 0.15) is 51.2 Å². The van der Waals surface area contributed by atoms with Crippen molar-refractivity contribution in [1.82, 2.24) is 4.90 Å². The van der Waals surface area contributed by atoms with Crippen molar-refractivity contribution in [2.75, 3.05) is 19.6 Å². The molecule has 1 N–H and O–H groups in total. The van der Waals surface area contributed by atoms with Gasteiger partial charge in [-0.3, -0.25) is 0 Å². The molecular formula is C17H25F2NO. The van der Waals surface area contributed by atoms with Gasteiger partial charge in [0.1, 0.15) is 0 Å². The van der Waals surface area contributed by atoms with E-state index in [4.69, 9.17) is 0 Å². The van der Waals surface area contributed by atoms with E-state index in [0.29, 0.717) is 11.8 Å². The van der Waals surface area contributed by atoms with Crippen molar-refractivity contribution in [3.8, 4) is 0 Å². The molecule has 4 heteroatoms. The Hall–Kier alpha value is -1.00. The smallest absolute Gasteiger partial charge is 0.164 e. The van der Waals surface area contributed by atoms with E-state index in [2.05, 4.69) is 18.7 Å². The fraction of sp³-hybridized carbons (Fsp3) is 0.647. The summed E-state index contributed by atoms with van der Waals surface area (Å²) in [4.78, 5) is 2.33. The topological polar surface area (TPSA) is 23.5 Å². The maximum atomic E-state index is 13.6. The zero-order valence-electron chi connectivity index (χ0n) is 12.9. The number of nitrogens with zero attached hydrogens (tertiary/aromatic N) is 1. The Balaban J connectivity index is 1.90. The van der Waals surface area contributed by atoms with Crippen LogP contribution < -0.4 is 0 Å². The molecule has 0 spiro atoms. The van der Waals surface area contributed by atoms with Gasteiger partial charge in [0.2, 0.25) is 0 Å². The van der Waals surface area contributed by atoms with Crippen LogP contribution >= 0.6 is 0 Å². The van der Waals surface area contributed by atoms with Crippen molar-refractivity contribution < 1.29 is 13.9 Å². The summed E-state index contributed by atoms with van der Waals surface area (Å²) < 4.78 is 26.8. The number of benzene rings is 1. The molecule has 0 amide bonds. The minimum atomic E-state index is -0.945. The molecule has 0 aliphatic carbocycles. The molecule has 0 radical (unpaired) electrons. The molecular weight excluding hydrogens is 272 g/mol. The molecule has 118 valence electrons. The molecule has 1 aliphatic heterocycles. The third-order valence-electron chi connectivity index (χ3n) is 5.08. The lowest BCUT2D eigenvalue weighted by Crippen LogP contribution is -2.28. The molecule has 0 bridgehead atoms. The molecule has 1 saturated heterocycles. The second-order valence-corrected chi connectivity index (χ2v) is 6.18. The second-order valence-electron chi connectivity index (χ2n) is 6.18. The number of aliphatic hydroxyl groups excluding tert-OH is 1. The lowest BCUT2D eigenvalue weighted by atomic mass is 9.82. The van der Waals surface area contributed by atoms with Crippen LogP contribution in [0.4, 0.5) is 8.78 Å². The van der Waals surface area contributed by atoms with Crippen LogP contribution in [0.25, 0.3) is 0 Å². The van der Waals surface area contributed by atoms with Gasteiger partial charge in [-0.2, -0.15) is 0 Å². The summed E-state index contributed by atoms with van der Waals surface area (Å²) in [5.41, 5.74) is 0.459. The quantitative estimate of drug-likeness (QED) is 0.861. The Morgan fingerprint density at radius 2 is 2.00 bits per heavy atom. The van der Waals surface area contributed by atoms with E-state index in [1.54, 1.807) is 0 Å². The molecule has 1 aliphatic rings. The van der Waals surface area contributed by atoms with Crippen LogP contribution in [0.2, 0.25) is 0 Å². The fourth-order valence-electron chi connectivity index (χ4n) is 3.28. The Labute approximate surface area is 125 Å². The average molecular weight is 297 g/mol. The lowest BCUT2D eigenvalue weighted by Gasteiger charge is -2.27. The zero-order chi connectivity index (χ0) is 15.5. The Morgan fingerprint density at radius 1 is 1.29 bits per heavy atom. The van der Waals surface area contributed by atoms with Gasteiger partial charge in [-0.1, -0.05) is 26.0 Å². The summed E-state index contributed by atoms with van der Waals surface area (Å²) in [6.45, 7) is 7.24. The Bertz CT molecular complexity index is 474. The number of hydrogen-bond donors (Lipinski definition) is 1. The monoisotopic (exact) mass is 297 g/mol. The van der Waals surface area contributed by atoms with E-state index in [9.17, 15) is 13.9 Å². The first-order valence-corrected chi connectivity index (χ1v) is 7.85. The third kappa shape index (κ3) is 3.61. The van der Waals surface area contributed by atoms with Gasteiger partial charge < -0.3 is 10.0 Å². The lowest BCUT2D eigenvalue weighted by molar-refractivity contribution is 0.139. The van der Waals surface area contributed by atoms with Gasteiger partial charge in [0.15, 0.2) is 11.6 Å². The summed E-state index contributed by atoms with van der Waals surface area (Å²) in [5, 5.41) is 10.1. The SMILES string of the molecule is CCC1(CC)CCN(CCC(O)c2cccc(F)c2F)C1. The normalized spacial score (nSPS) is 19.9. The van der Waals surface area contributed by atoms with E-state index in [-0.39, 0.29) is 5.56 Å². The van der Waals surface area contributed by atoms with Crippen molar-refractivity contribution in [1.29, 1.82) is 0 Å². The van der Waals surface area contributed by atoms with E-state index < -0.39 is 17.7 Å². The van der Waals surface area contributed by atoms with Gasteiger partial charge in [0.05, 0.1) is 6.10 Å². The highest BCUT2D eigenvalue weighted by Crippen LogP contribution is 2.37. The predicted octanol–water partition coefficient (Wildman–Crippen LogP) is 3.90. The first-order valence-electron chi connectivity index (χ1n) is 7.85. The van der Waals surface area contributed by atoms with Crippen LogP contribution in [-0.2, 0) is 0 Å². The fourth-order valence-corrected chi connectivity index (χ4v) is 3.28. The zero-order valence-corrected chi connectivity index (χ0v) is 12.9. The van der Waals surface area contributed by atoms with Crippen LogP contribution in [-0.4, -0.2) is 29.6 Å². The molecule has 1 atom stereocenters. The van der Waals surface area contributed by atoms with Crippen molar-refractivity contribution in [2.24, 2.45) is 5.41 Å². The first kappa shape index (κ1) is 16.4. The molecule has 2 rings (SSSR count). The van der Waals surface area contributed by atoms with Crippen molar-refractivity contribution in [2.45, 2.75) is 45.6 Å².